The first-order chi connectivity index (χ1) is 18.0. The summed E-state index contributed by atoms with van der Waals surface area (Å²) in [4.78, 5) is 28.3. The minimum atomic E-state index is -0.837. The second-order valence-corrected chi connectivity index (χ2v) is 9.00. The number of carbonyl (C=O) groups excluding carboxylic acids is 2. The van der Waals surface area contributed by atoms with Gasteiger partial charge in [0, 0.05) is 12.1 Å². The van der Waals surface area contributed by atoms with Gasteiger partial charge in [-0.2, -0.15) is 0 Å². The number of rotatable bonds is 7. The lowest BCUT2D eigenvalue weighted by molar-refractivity contribution is -0.140. The van der Waals surface area contributed by atoms with Crippen molar-refractivity contribution in [3.8, 4) is 5.75 Å². The standard InChI is InChI=1S/C31H26FNO4/c1-2-17-37-24-10-5-9-22(18-24)29(34)27-28(26-12-6-8-21-7-3-4-11-25(21)26)33(31(36)30(27)35)19-20-13-15-23(32)16-14-20/h3-16,18,28,34H,2,17,19H2,1H3/b29-27-. The van der Waals surface area contributed by atoms with Crippen LogP contribution in [0.2, 0.25) is 0 Å². The van der Waals surface area contributed by atoms with Gasteiger partial charge in [0.05, 0.1) is 18.2 Å². The molecule has 37 heavy (non-hydrogen) atoms. The number of ether oxygens (including phenoxy) is 1. The molecule has 1 heterocycles. The van der Waals surface area contributed by atoms with Crippen molar-refractivity contribution >= 4 is 28.2 Å². The van der Waals surface area contributed by atoms with Gasteiger partial charge in [0.2, 0.25) is 0 Å². The van der Waals surface area contributed by atoms with Crippen LogP contribution in [0.25, 0.3) is 16.5 Å². The van der Waals surface area contributed by atoms with E-state index in [1.54, 1.807) is 36.4 Å². The maximum Gasteiger partial charge on any atom is 0.295 e. The van der Waals surface area contributed by atoms with Crippen LogP contribution in [0.5, 0.6) is 5.75 Å². The summed E-state index contributed by atoms with van der Waals surface area (Å²) in [5, 5.41) is 13.3. The molecule has 5 rings (SSSR count). The molecule has 0 radical (unpaired) electrons. The third-order valence-electron chi connectivity index (χ3n) is 6.50. The molecule has 0 spiro atoms. The second-order valence-electron chi connectivity index (χ2n) is 9.00. The van der Waals surface area contributed by atoms with Crippen LogP contribution in [0, 0.1) is 5.82 Å². The van der Waals surface area contributed by atoms with Gasteiger partial charge < -0.3 is 14.7 Å². The third-order valence-corrected chi connectivity index (χ3v) is 6.50. The maximum atomic E-state index is 13.5. The van der Waals surface area contributed by atoms with Gasteiger partial charge in [0.25, 0.3) is 11.7 Å². The van der Waals surface area contributed by atoms with Crippen LogP contribution in [0.4, 0.5) is 4.39 Å². The Morgan fingerprint density at radius 3 is 2.46 bits per heavy atom. The van der Waals surface area contributed by atoms with Crippen LogP contribution in [0.1, 0.15) is 36.1 Å². The molecule has 1 saturated heterocycles. The topological polar surface area (TPSA) is 66.8 Å². The highest BCUT2D eigenvalue weighted by Crippen LogP contribution is 2.42. The summed E-state index contributed by atoms with van der Waals surface area (Å²) in [7, 11) is 0. The number of hydrogen-bond donors (Lipinski definition) is 1. The second kappa shape index (κ2) is 10.3. The van der Waals surface area contributed by atoms with Crippen LogP contribution in [-0.2, 0) is 16.1 Å². The molecule has 1 atom stereocenters. The van der Waals surface area contributed by atoms with E-state index in [1.165, 1.54) is 17.0 Å². The Hall–Kier alpha value is -4.45. The normalized spacial score (nSPS) is 16.9. The number of halogens is 1. The number of likely N-dealkylation sites (tertiary alicyclic amines) is 1. The number of Topliss-reactive ketones (excluding diaryl/α,β-unsaturated/α-hetero) is 1. The summed E-state index contributed by atoms with van der Waals surface area (Å²) in [5.74, 6) is -1.57. The molecule has 6 heteroatoms. The lowest BCUT2D eigenvalue weighted by Crippen LogP contribution is -2.29. The Morgan fingerprint density at radius 1 is 0.946 bits per heavy atom. The first kappa shape index (κ1) is 24.3. The zero-order valence-electron chi connectivity index (χ0n) is 20.4. The molecule has 4 aromatic rings. The predicted molar refractivity (Wildman–Crippen MR) is 140 cm³/mol. The largest absolute Gasteiger partial charge is 0.507 e. The lowest BCUT2D eigenvalue weighted by Gasteiger charge is -2.26. The highest BCUT2D eigenvalue weighted by atomic mass is 19.1. The number of aliphatic hydroxyl groups is 1. The van der Waals surface area contributed by atoms with E-state index in [0.29, 0.717) is 23.5 Å². The summed E-state index contributed by atoms with van der Waals surface area (Å²) in [6, 6.07) is 25.2. The summed E-state index contributed by atoms with van der Waals surface area (Å²) in [5.41, 5.74) is 1.79. The number of carbonyl (C=O) groups is 2. The van der Waals surface area contributed by atoms with Crippen molar-refractivity contribution < 1.29 is 23.8 Å². The lowest BCUT2D eigenvalue weighted by atomic mass is 9.91. The number of nitrogens with zero attached hydrogens (tertiary/aromatic N) is 1. The molecule has 1 unspecified atom stereocenters. The number of amides is 1. The molecule has 1 aliphatic heterocycles. The maximum absolute atomic E-state index is 13.5. The van der Waals surface area contributed by atoms with E-state index < -0.39 is 17.7 Å². The summed E-state index contributed by atoms with van der Waals surface area (Å²) in [6.07, 6.45) is 0.825. The van der Waals surface area contributed by atoms with Crippen molar-refractivity contribution in [2.24, 2.45) is 0 Å². The molecular weight excluding hydrogens is 469 g/mol. The Labute approximate surface area is 214 Å². The quantitative estimate of drug-likeness (QED) is 0.183. The third kappa shape index (κ3) is 4.70. The number of ketones is 1. The van der Waals surface area contributed by atoms with Gasteiger partial charge in [0.15, 0.2) is 0 Å². The van der Waals surface area contributed by atoms with E-state index >= 15 is 0 Å². The fraction of sp³-hybridized carbons (Fsp3) is 0.161. The SMILES string of the molecule is CCCOc1cccc(/C(O)=C2/C(=O)C(=O)N(Cc3ccc(F)cc3)C2c2cccc3ccccc23)c1. The minimum absolute atomic E-state index is 0.0103. The zero-order chi connectivity index (χ0) is 25.9. The Morgan fingerprint density at radius 2 is 1.68 bits per heavy atom. The van der Waals surface area contributed by atoms with E-state index in [-0.39, 0.29) is 23.7 Å². The van der Waals surface area contributed by atoms with Crippen LogP contribution >= 0.6 is 0 Å². The number of hydrogen-bond acceptors (Lipinski definition) is 4. The molecule has 1 amide bonds. The van der Waals surface area contributed by atoms with E-state index in [2.05, 4.69) is 0 Å². The van der Waals surface area contributed by atoms with Crippen molar-refractivity contribution in [1.82, 2.24) is 4.90 Å². The summed E-state index contributed by atoms with van der Waals surface area (Å²) < 4.78 is 19.2. The van der Waals surface area contributed by atoms with Crippen LogP contribution < -0.4 is 4.74 Å². The van der Waals surface area contributed by atoms with Gasteiger partial charge in [-0.05, 0) is 52.6 Å². The van der Waals surface area contributed by atoms with Crippen molar-refractivity contribution in [3.05, 3.63) is 119 Å². The van der Waals surface area contributed by atoms with Crippen LogP contribution in [0.15, 0.2) is 96.6 Å². The van der Waals surface area contributed by atoms with Crippen molar-refractivity contribution in [2.75, 3.05) is 6.61 Å². The van der Waals surface area contributed by atoms with E-state index in [9.17, 15) is 19.1 Å². The molecule has 4 aromatic carbocycles. The summed E-state index contributed by atoms with van der Waals surface area (Å²) in [6.45, 7) is 2.59. The summed E-state index contributed by atoms with van der Waals surface area (Å²) >= 11 is 0. The van der Waals surface area contributed by atoms with Gasteiger partial charge in [-0.1, -0.05) is 73.7 Å². The monoisotopic (exact) mass is 495 g/mol. The first-order valence-electron chi connectivity index (χ1n) is 12.2. The van der Waals surface area contributed by atoms with Crippen molar-refractivity contribution in [3.63, 3.8) is 0 Å². The van der Waals surface area contributed by atoms with Gasteiger partial charge in [-0.3, -0.25) is 9.59 Å². The fourth-order valence-corrected chi connectivity index (χ4v) is 4.75. The minimum Gasteiger partial charge on any atom is -0.507 e. The smallest absolute Gasteiger partial charge is 0.295 e. The number of benzene rings is 4. The van der Waals surface area contributed by atoms with E-state index in [4.69, 9.17) is 4.74 Å². The average molecular weight is 496 g/mol. The van der Waals surface area contributed by atoms with Crippen LogP contribution in [-0.4, -0.2) is 28.3 Å². The van der Waals surface area contributed by atoms with Gasteiger partial charge in [-0.25, -0.2) is 4.39 Å². The van der Waals surface area contributed by atoms with Crippen LogP contribution in [0.3, 0.4) is 0 Å². The molecular formula is C31H26FNO4. The van der Waals surface area contributed by atoms with Gasteiger partial charge >= 0.3 is 0 Å². The van der Waals surface area contributed by atoms with Gasteiger partial charge in [0.1, 0.15) is 17.3 Å². The molecule has 0 aliphatic carbocycles. The average Bonchev–Trinajstić information content (AvgIpc) is 3.17. The molecule has 5 nitrogen and oxygen atoms in total. The molecule has 1 aliphatic rings. The fourth-order valence-electron chi connectivity index (χ4n) is 4.75. The van der Waals surface area contributed by atoms with E-state index in [0.717, 1.165) is 22.8 Å². The molecule has 186 valence electrons. The zero-order valence-corrected chi connectivity index (χ0v) is 20.4. The molecule has 1 N–H and O–H groups in total. The van der Waals surface area contributed by atoms with Gasteiger partial charge in [-0.15, -0.1) is 0 Å². The molecule has 0 aromatic heterocycles. The Kier molecular flexibility index (Phi) is 6.73. The first-order valence-corrected chi connectivity index (χ1v) is 12.2. The number of aliphatic hydroxyl groups excluding tert-OH is 1. The van der Waals surface area contributed by atoms with Crippen molar-refractivity contribution in [2.45, 2.75) is 25.9 Å². The van der Waals surface area contributed by atoms with E-state index in [1.807, 2.05) is 49.4 Å². The molecule has 0 bridgehead atoms. The van der Waals surface area contributed by atoms with Crippen molar-refractivity contribution in [1.29, 1.82) is 0 Å². The Balaban J connectivity index is 1.68. The predicted octanol–water partition coefficient (Wildman–Crippen LogP) is 6.39. The Bertz CT molecular complexity index is 1500. The highest BCUT2D eigenvalue weighted by molar-refractivity contribution is 6.46. The number of fused-ring (bicyclic) bond motifs is 1. The highest BCUT2D eigenvalue weighted by Gasteiger charge is 2.46. The molecule has 0 saturated carbocycles. The molecule has 1 fully saturated rings.